The first-order chi connectivity index (χ1) is 12.4. The van der Waals surface area contributed by atoms with Gasteiger partial charge < -0.3 is 14.4 Å². The molecule has 0 N–H and O–H groups in total. The van der Waals surface area contributed by atoms with Gasteiger partial charge in [-0.05, 0) is 51.1 Å². The molecule has 0 spiro atoms. The van der Waals surface area contributed by atoms with E-state index in [4.69, 9.17) is 9.47 Å². The summed E-state index contributed by atoms with van der Waals surface area (Å²) in [6.45, 7) is 6.56. The van der Waals surface area contributed by atoms with E-state index >= 15 is 0 Å². The Morgan fingerprint density at radius 2 is 2.15 bits per heavy atom. The zero-order valence-corrected chi connectivity index (χ0v) is 15.4. The lowest BCUT2D eigenvalue weighted by Crippen LogP contribution is -2.42. The fourth-order valence-corrected chi connectivity index (χ4v) is 3.08. The van der Waals surface area contributed by atoms with Gasteiger partial charge in [0.1, 0.15) is 24.0 Å². The van der Waals surface area contributed by atoms with Gasteiger partial charge in [-0.1, -0.05) is 18.2 Å². The summed E-state index contributed by atoms with van der Waals surface area (Å²) in [6.07, 6.45) is 1.46. The second kappa shape index (κ2) is 7.20. The summed E-state index contributed by atoms with van der Waals surface area (Å²) < 4.78 is 11.4. The molecule has 1 atom stereocenters. The predicted molar refractivity (Wildman–Crippen MR) is 97.9 cm³/mol. The average molecular weight is 353 g/mol. The summed E-state index contributed by atoms with van der Waals surface area (Å²) in [5.41, 5.74) is -0.210. The highest BCUT2D eigenvalue weighted by Crippen LogP contribution is 2.26. The number of amides is 1. The summed E-state index contributed by atoms with van der Waals surface area (Å²) in [6, 6.07) is 11.4. The van der Waals surface area contributed by atoms with E-state index in [0.717, 1.165) is 23.6 Å². The van der Waals surface area contributed by atoms with Crippen molar-refractivity contribution in [2.75, 3.05) is 13.2 Å². The van der Waals surface area contributed by atoms with Crippen molar-refractivity contribution in [3.63, 3.8) is 0 Å². The molecule has 0 saturated carbocycles. The van der Waals surface area contributed by atoms with Gasteiger partial charge in [-0.2, -0.15) is 5.26 Å². The van der Waals surface area contributed by atoms with Crippen LogP contribution in [0.25, 0.3) is 10.8 Å². The molecule has 0 bridgehead atoms. The van der Waals surface area contributed by atoms with Crippen molar-refractivity contribution < 1.29 is 14.3 Å². The molecule has 3 rings (SSSR count). The minimum atomic E-state index is -0.524. The Labute approximate surface area is 153 Å². The number of likely N-dealkylation sites (tertiary alicyclic amines) is 1. The molecule has 1 saturated heterocycles. The molecule has 26 heavy (non-hydrogen) atoms. The van der Waals surface area contributed by atoms with Crippen molar-refractivity contribution >= 4 is 16.9 Å². The van der Waals surface area contributed by atoms with Crippen LogP contribution in [0.4, 0.5) is 4.79 Å². The van der Waals surface area contributed by atoms with E-state index in [9.17, 15) is 10.1 Å². The standard InChI is InChI=1S/C20H23N3O3/c1-20(2,3)26-19(24)23-10-6-8-16(23)13-25-18-17-9-5-4-7-14(17)11-15(12-21)22-18/h4-5,7,9,11,16H,6,8,10,13H2,1-3H3. The fraction of sp³-hybridized carbons (Fsp3) is 0.450. The number of fused-ring (bicyclic) bond motifs is 1. The first-order valence-electron chi connectivity index (χ1n) is 8.80. The molecular formula is C20H23N3O3. The summed E-state index contributed by atoms with van der Waals surface area (Å²) in [5, 5.41) is 10.9. The van der Waals surface area contributed by atoms with E-state index < -0.39 is 5.60 Å². The SMILES string of the molecule is CC(C)(C)OC(=O)N1CCCC1COc1nc(C#N)cc2ccccc12. The minimum Gasteiger partial charge on any atom is -0.475 e. The Morgan fingerprint density at radius 1 is 1.38 bits per heavy atom. The number of benzene rings is 1. The monoisotopic (exact) mass is 353 g/mol. The van der Waals surface area contributed by atoms with Gasteiger partial charge in [-0.25, -0.2) is 9.78 Å². The van der Waals surface area contributed by atoms with Gasteiger partial charge in [0.2, 0.25) is 5.88 Å². The molecule has 6 nitrogen and oxygen atoms in total. The molecule has 1 aliphatic rings. The third kappa shape index (κ3) is 4.05. The van der Waals surface area contributed by atoms with Crippen molar-refractivity contribution in [2.45, 2.75) is 45.3 Å². The van der Waals surface area contributed by atoms with Crippen LogP contribution in [-0.4, -0.2) is 40.8 Å². The van der Waals surface area contributed by atoms with Gasteiger partial charge in [0.25, 0.3) is 0 Å². The van der Waals surface area contributed by atoms with Crippen molar-refractivity contribution in [1.82, 2.24) is 9.88 Å². The zero-order chi connectivity index (χ0) is 18.7. The van der Waals surface area contributed by atoms with Gasteiger partial charge in [-0.15, -0.1) is 0 Å². The quantitative estimate of drug-likeness (QED) is 0.837. The number of hydrogen-bond acceptors (Lipinski definition) is 5. The van der Waals surface area contributed by atoms with Crippen molar-refractivity contribution in [1.29, 1.82) is 5.26 Å². The normalized spacial score (nSPS) is 17.2. The molecule has 1 aliphatic heterocycles. The highest BCUT2D eigenvalue weighted by molar-refractivity contribution is 5.87. The smallest absolute Gasteiger partial charge is 0.410 e. The maximum atomic E-state index is 12.4. The molecule has 136 valence electrons. The molecular weight excluding hydrogens is 330 g/mol. The molecule has 0 aliphatic carbocycles. The molecule has 0 radical (unpaired) electrons. The second-order valence-corrected chi connectivity index (χ2v) is 7.43. The summed E-state index contributed by atoms with van der Waals surface area (Å²) in [7, 11) is 0. The van der Waals surface area contributed by atoms with Crippen LogP contribution in [0.3, 0.4) is 0 Å². The number of rotatable bonds is 3. The number of aromatic nitrogens is 1. The molecule has 2 aromatic rings. The predicted octanol–water partition coefficient (Wildman–Crippen LogP) is 3.88. The summed E-state index contributed by atoms with van der Waals surface area (Å²) in [4.78, 5) is 18.4. The van der Waals surface area contributed by atoms with Crippen LogP contribution >= 0.6 is 0 Å². The Kier molecular flexibility index (Phi) is 4.99. The summed E-state index contributed by atoms with van der Waals surface area (Å²) >= 11 is 0. The van der Waals surface area contributed by atoms with E-state index in [-0.39, 0.29) is 12.1 Å². The minimum absolute atomic E-state index is 0.0591. The number of ether oxygens (including phenoxy) is 2. The van der Waals surface area contributed by atoms with E-state index in [1.54, 1.807) is 11.0 Å². The van der Waals surface area contributed by atoms with Gasteiger partial charge in [0, 0.05) is 11.9 Å². The Morgan fingerprint density at radius 3 is 2.88 bits per heavy atom. The van der Waals surface area contributed by atoms with E-state index in [0.29, 0.717) is 24.7 Å². The lowest BCUT2D eigenvalue weighted by atomic mass is 10.1. The Hall–Kier alpha value is -2.81. The Bertz CT molecular complexity index is 851. The number of carbonyl (C=O) groups is 1. The molecule has 1 fully saturated rings. The van der Waals surface area contributed by atoms with Crippen molar-refractivity contribution in [3.05, 3.63) is 36.0 Å². The summed E-state index contributed by atoms with van der Waals surface area (Å²) in [5.74, 6) is 0.427. The fourth-order valence-electron chi connectivity index (χ4n) is 3.08. The zero-order valence-electron chi connectivity index (χ0n) is 15.4. The maximum Gasteiger partial charge on any atom is 0.410 e. The third-order valence-corrected chi connectivity index (χ3v) is 4.24. The van der Waals surface area contributed by atoms with Crippen LogP contribution in [0.2, 0.25) is 0 Å². The lowest BCUT2D eigenvalue weighted by molar-refractivity contribution is 0.0186. The highest BCUT2D eigenvalue weighted by atomic mass is 16.6. The third-order valence-electron chi connectivity index (χ3n) is 4.24. The van der Waals surface area contributed by atoms with Crippen LogP contribution in [0.5, 0.6) is 5.88 Å². The Balaban J connectivity index is 1.75. The number of nitriles is 1. The van der Waals surface area contributed by atoms with Crippen molar-refractivity contribution in [2.24, 2.45) is 0 Å². The van der Waals surface area contributed by atoms with Crippen LogP contribution in [0.15, 0.2) is 30.3 Å². The topological polar surface area (TPSA) is 75.4 Å². The largest absolute Gasteiger partial charge is 0.475 e. The first-order valence-corrected chi connectivity index (χ1v) is 8.80. The van der Waals surface area contributed by atoms with Crippen LogP contribution < -0.4 is 4.74 Å². The average Bonchev–Trinajstić information content (AvgIpc) is 3.06. The van der Waals surface area contributed by atoms with Crippen LogP contribution in [-0.2, 0) is 4.74 Å². The second-order valence-electron chi connectivity index (χ2n) is 7.43. The van der Waals surface area contributed by atoms with E-state index in [2.05, 4.69) is 11.1 Å². The maximum absolute atomic E-state index is 12.4. The lowest BCUT2D eigenvalue weighted by Gasteiger charge is -2.28. The van der Waals surface area contributed by atoms with Crippen LogP contribution in [0.1, 0.15) is 39.3 Å². The number of nitrogens with zero attached hydrogens (tertiary/aromatic N) is 3. The number of carbonyl (C=O) groups excluding carboxylic acids is 1. The first kappa shape index (κ1) is 18.0. The molecule has 6 heteroatoms. The van der Waals surface area contributed by atoms with Crippen LogP contribution in [0, 0.1) is 11.3 Å². The van der Waals surface area contributed by atoms with Gasteiger partial charge in [-0.3, -0.25) is 0 Å². The molecule has 1 aromatic heterocycles. The number of pyridine rings is 1. The molecule has 1 aromatic carbocycles. The molecule has 2 heterocycles. The van der Waals surface area contributed by atoms with Crippen molar-refractivity contribution in [3.8, 4) is 11.9 Å². The van der Waals surface area contributed by atoms with E-state index in [1.807, 2.05) is 45.0 Å². The molecule has 1 amide bonds. The molecule has 1 unspecified atom stereocenters. The van der Waals surface area contributed by atoms with Gasteiger partial charge in [0.05, 0.1) is 6.04 Å². The van der Waals surface area contributed by atoms with E-state index in [1.165, 1.54) is 0 Å². The van der Waals surface area contributed by atoms with Gasteiger partial charge in [0.15, 0.2) is 0 Å². The van der Waals surface area contributed by atoms with Gasteiger partial charge >= 0.3 is 6.09 Å². The number of hydrogen-bond donors (Lipinski definition) is 0. The highest BCUT2D eigenvalue weighted by Gasteiger charge is 2.32.